The maximum atomic E-state index is 12.3. The van der Waals surface area contributed by atoms with Crippen molar-refractivity contribution >= 4 is 15.7 Å². The third-order valence-electron chi connectivity index (χ3n) is 3.23. The van der Waals surface area contributed by atoms with Crippen LogP contribution >= 0.6 is 0 Å². The van der Waals surface area contributed by atoms with Crippen LogP contribution in [-0.4, -0.2) is 14.1 Å². The highest BCUT2D eigenvalue weighted by Crippen LogP contribution is 2.12. The Morgan fingerprint density at radius 3 is 2.14 bits per heavy atom. The monoisotopic (exact) mass is 316 g/mol. The fourth-order valence-corrected chi connectivity index (χ4v) is 2.83. The first-order valence-corrected chi connectivity index (χ1v) is 8.60. The van der Waals surface area contributed by atoms with Gasteiger partial charge in [-0.25, -0.2) is 0 Å². The summed E-state index contributed by atoms with van der Waals surface area (Å²) in [5.74, 6) is 0.100. The van der Waals surface area contributed by atoms with Crippen molar-refractivity contribution in [3.63, 3.8) is 0 Å². The fraction of sp³-hybridized carbons (Fsp3) is 0.235. The highest BCUT2D eigenvalue weighted by atomic mass is 32.2. The topological polar surface area (TPSA) is 58.5 Å². The second-order valence-corrected chi connectivity index (χ2v) is 7.09. The lowest BCUT2D eigenvalue weighted by Crippen LogP contribution is -2.22. The Kier molecular flexibility index (Phi) is 4.98. The van der Waals surface area contributed by atoms with Gasteiger partial charge in [0.2, 0.25) is 0 Å². The highest BCUT2D eigenvalue weighted by Gasteiger charge is 2.14. The molecule has 2 rings (SSSR count). The summed E-state index contributed by atoms with van der Waals surface area (Å²) in [6.07, 6.45) is 0. The quantitative estimate of drug-likeness (QED) is 0.679. The van der Waals surface area contributed by atoms with E-state index in [1.54, 1.807) is 24.3 Å². The predicted octanol–water partition coefficient (Wildman–Crippen LogP) is 3.33. The molecule has 0 amide bonds. The molecule has 116 valence electrons. The van der Waals surface area contributed by atoms with Gasteiger partial charge in [-0.1, -0.05) is 61.9 Å². The van der Waals surface area contributed by atoms with E-state index in [2.05, 4.69) is 9.93 Å². The van der Waals surface area contributed by atoms with Crippen LogP contribution < -0.4 is 4.83 Å². The highest BCUT2D eigenvalue weighted by molar-refractivity contribution is 7.89. The molecule has 0 fully saturated rings. The average molecular weight is 316 g/mol. The zero-order chi connectivity index (χ0) is 16.2. The summed E-state index contributed by atoms with van der Waals surface area (Å²) in [7, 11) is -3.65. The van der Waals surface area contributed by atoms with E-state index in [1.807, 2.05) is 51.1 Å². The van der Waals surface area contributed by atoms with Gasteiger partial charge >= 0.3 is 0 Å². The standard InChI is InChI=1S/C17H20N2O2S/c1-13(2)17(15-7-5-4-6-8-15)18-19-22(20,21)16-11-9-14(3)10-12-16/h4-13,19H,1-3H3/b18-17+. The van der Waals surface area contributed by atoms with Crippen LogP contribution in [0.3, 0.4) is 0 Å². The minimum Gasteiger partial charge on any atom is -0.200 e. The maximum absolute atomic E-state index is 12.3. The molecule has 0 aromatic heterocycles. The van der Waals surface area contributed by atoms with E-state index in [0.717, 1.165) is 11.1 Å². The molecule has 0 aliphatic rings. The van der Waals surface area contributed by atoms with Crippen LogP contribution in [0, 0.1) is 12.8 Å². The summed E-state index contributed by atoms with van der Waals surface area (Å²) >= 11 is 0. The lowest BCUT2D eigenvalue weighted by atomic mass is 10.0. The number of hydrogen-bond acceptors (Lipinski definition) is 3. The second kappa shape index (κ2) is 6.75. The van der Waals surface area contributed by atoms with Crippen molar-refractivity contribution < 1.29 is 8.42 Å². The molecule has 22 heavy (non-hydrogen) atoms. The van der Waals surface area contributed by atoms with Crippen LogP contribution in [0.5, 0.6) is 0 Å². The van der Waals surface area contributed by atoms with Gasteiger partial charge in [-0.3, -0.25) is 0 Å². The number of nitrogens with one attached hydrogen (secondary N) is 1. The number of nitrogens with zero attached hydrogens (tertiary/aromatic N) is 1. The lowest BCUT2D eigenvalue weighted by molar-refractivity contribution is 0.584. The summed E-state index contributed by atoms with van der Waals surface area (Å²) < 4.78 is 24.6. The molecule has 0 unspecified atom stereocenters. The first-order valence-electron chi connectivity index (χ1n) is 7.11. The SMILES string of the molecule is Cc1ccc(S(=O)(=O)N/N=C(/c2ccccc2)C(C)C)cc1. The number of hydrazone groups is 1. The molecule has 1 N–H and O–H groups in total. The summed E-state index contributed by atoms with van der Waals surface area (Å²) in [4.78, 5) is 2.54. The van der Waals surface area contributed by atoms with E-state index in [9.17, 15) is 8.42 Å². The van der Waals surface area contributed by atoms with Gasteiger partial charge in [0, 0.05) is 0 Å². The molecule has 0 aliphatic carbocycles. The zero-order valence-corrected chi connectivity index (χ0v) is 13.8. The van der Waals surface area contributed by atoms with Gasteiger partial charge in [-0.05, 0) is 30.5 Å². The molecular weight excluding hydrogens is 296 g/mol. The molecule has 0 heterocycles. The molecular formula is C17H20N2O2S. The Morgan fingerprint density at radius 2 is 1.59 bits per heavy atom. The first kappa shape index (κ1) is 16.2. The largest absolute Gasteiger partial charge is 0.276 e. The predicted molar refractivity (Wildman–Crippen MR) is 89.3 cm³/mol. The van der Waals surface area contributed by atoms with Crippen molar-refractivity contribution in [2.45, 2.75) is 25.7 Å². The summed E-state index contributed by atoms with van der Waals surface area (Å²) in [5.41, 5.74) is 2.62. The first-order chi connectivity index (χ1) is 10.4. The van der Waals surface area contributed by atoms with Gasteiger partial charge in [0.15, 0.2) is 0 Å². The zero-order valence-electron chi connectivity index (χ0n) is 12.9. The van der Waals surface area contributed by atoms with Gasteiger partial charge < -0.3 is 0 Å². The van der Waals surface area contributed by atoms with E-state index in [-0.39, 0.29) is 10.8 Å². The van der Waals surface area contributed by atoms with Crippen molar-refractivity contribution in [2.24, 2.45) is 11.0 Å². The number of aryl methyl sites for hydroxylation is 1. The van der Waals surface area contributed by atoms with Crippen molar-refractivity contribution in [3.05, 3.63) is 65.7 Å². The number of rotatable bonds is 5. The summed E-state index contributed by atoms with van der Waals surface area (Å²) in [6, 6.07) is 16.2. The van der Waals surface area contributed by atoms with Crippen LogP contribution in [0.2, 0.25) is 0 Å². The lowest BCUT2D eigenvalue weighted by Gasteiger charge is -2.11. The maximum Gasteiger partial charge on any atom is 0.276 e. The molecule has 0 aliphatic heterocycles. The van der Waals surface area contributed by atoms with Crippen molar-refractivity contribution in [3.8, 4) is 0 Å². The Labute approximate surface area is 131 Å². The molecule has 0 saturated carbocycles. The third kappa shape index (κ3) is 3.95. The van der Waals surface area contributed by atoms with Crippen molar-refractivity contribution in [1.29, 1.82) is 0 Å². The second-order valence-electron chi connectivity index (χ2n) is 5.43. The van der Waals surface area contributed by atoms with Crippen molar-refractivity contribution in [2.75, 3.05) is 0 Å². The van der Waals surface area contributed by atoms with Crippen LogP contribution in [0.1, 0.15) is 25.0 Å². The van der Waals surface area contributed by atoms with Crippen LogP contribution in [0.25, 0.3) is 0 Å². The Bertz CT molecular complexity index is 749. The van der Waals surface area contributed by atoms with E-state index in [0.29, 0.717) is 5.71 Å². The third-order valence-corrected chi connectivity index (χ3v) is 4.46. The van der Waals surface area contributed by atoms with Crippen LogP contribution in [0.4, 0.5) is 0 Å². The van der Waals surface area contributed by atoms with Gasteiger partial charge in [0.05, 0.1) is 10.6 Å². The Hall–Kier alpha value is -2.14. The number of sulfonamides is 1. The van der Waals surface area contributed by atoms with E-state index < -0.39 is 10.0 Å². The number of hydrogen-bond donors (Lipinski definition) is 1. The number of benzene rings is 2. The van der Waals surface area contributed by atoms with Gasteiger partial charge in [0.25, 0.3) is 10.0 Å². The van der Waals surface area contributed by atoms with Gasteiger partial charge in [0.1, 0.15) is 0 Å². The fourth-order valence-electron chi connectivity index (χ4n) is 2.02. The molecule has 2 aromatic carbocycles. The molecule has 0 spiro atoms. The summed E-state index contributed by atoms with van der Waals surface area (Å²) in [5, 5.41) is 4.14. The average Bonchev–Trinajstić information content (AvgIpc) is 2.48. The summed E-state index contributed by atoms with van der Waals surface area (Å²) in [6.45, 7) is 5.87. The molecule has 5 heteroatoms. The van der Waals surface area contributed by atoms with E-state index in [4.69, 9.17) is 0 Å². The van der Waals surface area contributed by atoms with E-state index >= 15 is 0 Å². The normalized spacial score (nSPS) is 12.5. The minimum atomic E-state index is -3.65. The molecule has 0 radical (unpaired) electrons. The van der Waals surface area contributed by atoms with Crippen LogP contribution in [0.15, 0.2) is 64.6 Å². The van der Waals surface area contributed by atoms with E-state index in [1.165, 1.54) is 0 Å². The smallest absolute Gasteiger partial charge is 0.200 e. The van der Waals surface area contributed by atoms with Crippen molar-refractivity contribution in [1.82, 2.24) is 4.83 Å². The Morgan fingerprint density at radius 1 is 1.00 bits per heavy atom. The molecule has 0 bridgehead atoms. The molecule has 2 aromatic rings. The molecule has 0 saturated heterocycles. The van der Waals surface area contributed by atoms with Crippen LogP contribution in [-0.2, 0) is 10.0 Å². The van der Waals surface area contributed by atoms with Gasteiger partial charge in [-0.2, -0.15) is 18.4 Å². The Balaban J connectivity index is 2.29. The minimum absolute atomic E-state index is 0.100. The molecule has 0 atom stereocenters. The molecule has 4 nitrogen and oxygen atoms in total. The van der Waals surface area contributed by atoms with Gasteiger partial charge in [-0.15, -0.1) is 0 Å².